The van der Waals surface area contributed by atoms with E-state index in [1.807, 2.05) is 0 Å². The van der Waals surface area contributed by atoms with Crippen molar-refractivity contribution < 1.29 is 0 Å². The van der Waals surface area contributed by atoms with E-state index in [0.29, 0.717) is 0 Å². The minimum Gasteiger partial charge on any atom is -0.0622 e. The normalized spacial score (nSPS) is 10.6. The monoisotopic (exact) mass is 320 g/mol. The fraction of sp³-hybridized carbons (Fsp3) is 0.0400. The van der Waals surface area contributed by atoms with Gasteiger partial charge in [0.1, 0.15) is 0 Å². The summed E-state index contributed by atoms with van der Waals surface area (Å²) in [4.78, 5) is 0. The summed E-state index contributed by atoms with van der Waals surface area (Å²) in [6.07, 6.45) is 0. The second-order valence-corrected chi connectivity index (χ2v) is 6.36. The Labute approximate surface area is 149 Å². The minimum atomic E-state index is 1.25. The zero-order valence-corrected chi connectivity index (χ0v) is 14.3. The van der Waals surface area contributed by atoms with E-state index in [1.165, 1.54) is 38.9 Å². The molecular formula is C25H20. The molecule has 0 heteroatoms. The predicted octanol–water partition coefficient (Wildman–Crippen LogP) is 7.00. The van der Waals surface area contributed by atoms with E-state index in [4.69, 9.17) is 0 Å². The van der Waals surface area contributed by atoms with Crippen molar-refractivity contribution in [1.29, 1.82) is 0 Å². The lowest BCUT2D eigenvalue weighted by atomic mass is 9.91. The summed E-state index contributed by atoms with van der Waals surface area (Å²) in [6, 6.07) is 36.7. The van der Waals surface area contributed by atoms with Gasteiger partial charge in [-0.2, -0.15) is 0 Å². The molecule has 0 atom stereocenters. The third-order valence-electron chi connectivity index (χ3n) is 4.54. The lowest BCUT2D eigenvalue weighted by Gasteiger charge is -2.13. The summed E-state index contributed by atoms with van der Waals surface area (Å²) in [5.74, 6) is 0. The molecule has 0 N–H and O–H groups in total. The Morgan fingerprint density at radius 2 is 0.960 bits per heavy atom. The zero-order chi connectivity index (χ0) is 17.1. The molecule has 4 aromatic carbocycles. The van der Waals surface area contributed by atoms with Gasteiger partial charge in [-0.1, -0.05) is 103 Å². The Morgan fingerprint density at radius 1 is 0.400 bits per heavy atom. The summed E-state index contributed by atoms with van der Waals surface area (Å²) in [7, 11) is 0. The smallest absolute Gasteiger partial charge is 0.00992 e. The van der Waals surface area contributed by atoms with Gasteiger partial charge in [-0.3, -0.25) is 0 Å². The molecule has 4 rings (SSSR count). The lowest BCUT2D eigenvalue weighted by Crippen LogP contribution is -1.88. The standard InChI is InChI=1S/C25H20/c1-19-9-8-14-22(17-19)23-15-16-24(20-10-4-2-5-11-20)25(18-23)21-12-6-3-7-13-21/h2-18H,1H3. The fourth-order valence-corrected chi connectivity index (χ4v) is 3.27. The Hall–Kier alpha value is -3.12. The molecule has 0 aromatic heterocycles. The predicted molar refractivity (Wildman–Crippen MR) is 107 cm³/mol. The highest BCUT2D eigenvalue weighted by molar-refractivity contribution is 5.87. The van der Waals surface area contributed by atoms with Crippen LogP contribution in [0.4, 0.5) is 0 Å². The van der Waals surface area contributed by atoms with Gasteiger partial charge < -0.3 is 0 Å². The van der Waals surface area contributed by atoms with Crippen molar-refractivity contribution in [1.82, 2.24) is 0 Å². The van der Waals surface area contributed by atoms with Crippen molar-refractivity contribution in [2.45, 2.75) is 6.92 Å². The molecule has 0 aliphatic rings. The Balaban J connectivity index is 1.92. The van der Waals surface area contributed by atoms with Gasteiger partial charge in [-0.25, -0.2) is 0 Å². The number of benzene rings is 4. The van der Waals surface area contributed by atoms with Crippen LogP contribution in [-0.2, 0) is 0 Å². The van der Waals surface area contributed by atoms with Crippen LogP contribution in [0, 0.1) is 6.92 Å². The number of aryl methyl sites for hydroxylation is 1. The van der Waals surface area contributed by atoms with E-state index >= 15 is 0 Å². The summed E-state index contributed by atoms with van der Waals surface area (Å²) in [5.41, 5.74) is 8.83. The van der Waals surface area contributed by atoms with Crippen molar-refractivity contribution in [3.05, 3.63) is 109 Å². The second-order valence-electron chi connectivity index (χ2n) is 6.36. The molecule has 0 unspecified atom stereocenters. The van der Waals surface area contributed by atoms with Crippen LogP contribution in [0.15, 0.2) is 103 Å². The molecule has 4 aromatic rings. The molecule has 0 saturated carbocycles. The number of hydrogen-bond donors (Lipinski definition) is 0. The van der Waals surface area contributed by atoms with E-state index in [1.54, 1.807) is 0 Å². The average Bonchev–Trinajstić information content (AvgIpc) is 2.69. The van der Waals surface area contributed by atoms with Crippen molar-refractivity contribution in [3.63, 3.8) is 0 Å². The van der Waals surface area contributed by atoms with Crippen molar-refractivity contribution in [3.8, 4) is 33.4 Å². The Kier molecular flexibility index (Phi) is 4.18. The highest BCUT2D eigenvalue weighted by Gasteiger charge is 2.09. The molecule has 25 heavy (non-hydrogen) atoms. The van der Waals surface area contributed by atoms with Gasteiger partial charge in [0.05, 0.1) is 0 Å². The fourth-order valence-electron chi connectivity index (χ4n) is 3.27. The van der Waals surface area contributed by atoms with Gasteiger partial charge >= 0.3 is 0 Å². The topological polar surface area (TPSA) is 0 Å². The van der Waals surface area contributed by atoms with Gasteiger partial charge in [0.15, 0.2) is 0 Å². The quantitative estimate of drug-likeness (QED) is 0.381. The molecule has 0 fully saturated rings. The Bertz CT molecular complexity index is 983. The highest BCUT2D eigenvalue weighted by atomic mass is 14.1. The van der Waals surface area contributed by atoms with Crippen LogP contribution in [0.1, 0.15) is 5.56 Å². The van der Waals surface area contributed by atoms with E-state index in [2.05, 4.69) is 110 Å². The Morgan fingerprint density at radius 3 is 1.60 bits per heavy atom. The first-order valence-electron chi connectivity index (χ1n) is 8.63. The van der Waals surface area contributed by atoms with Gasteiger partial charge in [-0.05, 0) is 46.4 Å². The van der Waals surface area contributed by atoms with Crippen molar-refractivity contribution in [2.75, 3.05) is 0 Å². The summed E-state index contributed by atoms with van der Waals surface area (Å²) in [6.45, 7) is 2.14. The second kappa shape index (κ2) is 6.78. The van der Waals surface area contributed by atoms with Crippen LogP contribution >= 0.6 is 0 Å². The molecule has 0 spiro atoms. The molecule has 0 aliphatic carbocycles. The molecule has 0 radical (unpaired) electrons. The first-order valence-corrected chi connectivity index (χ1v) is 8.63. The maximum Gasteiger partial charge on any atom is -0.00992 e. The molecule has 120 valence electrons. The van der Waals surface area contributed by atoms with Crippen molar-refractivity contribution >= 4 is 0 Å². The van der Waals surface area contributed by atoms with Crippen LogP contribution in [0.2, 0.25) is 0 Å². The largest absolute Gasteiger partial charge is 0.0622 e. The summed E-state index contributed by atoms with van der Waals surface area (Å²) in [5, 5.41) is 0. The van der Waals surface area contributed by atoms with E-state index in [9.17, 15) is 0 Å². The van der Waals surface area contributed by atoms with Gasteiger partial charge in [-0.15, -0.1) is 0 Å². The van der Waals surface area contributed by atoms with Gasteiger partial charge in [0.25, 0.3) is 0 Å². The van der Waals surface area contributed by atoms with Crippen LogP contribution < -0.4 is 0 Å². The van der Waals surface area contributed by atoms with Crippen LogP contribution in [0.25, 0.3) is 33.4 Å². The molecule has 0 saturated heterocycles. The molecule has 0 bridgehead atoms. The maximum absolute atomic E-state index is 2.31. The number of rotatable bonds is 3. The molecule has 0 nitrogen and oxygen atoms in total. The minimum absolute atomic E-state index is 1.25. The first kappa shape index (κ1) is 15.4. The molecular weight excluding hydrogens is 300 g/mol. The molecule has 0 aliphatic heterocycles. The highest BCUT2D eigenvalue weighted by Crippen LogP contribution is 2.35. The molecule has 0 amide bonds. The summed E-state index contributed by atoms with van der Waals surface area (Å²) < 4.78 is 0. The SMILES string of the molecule is Cc1cccc(-c2ccc(-c3ccccc3)c(-c3ccccc3)c2)c1. The zero-order valence-electron chi connectivity index (χ0n) is 14.3. The maximum atomic E-state index is 2.31. The van der Waals surface area contributed by atoms with Crippen LogP contribution in [0.3, 0.4) is 0 Å². The van der Waals surface area contributed by atoms with E-state index < -0.39 is 0 Å². The van der Waals surface area contributed by atoms with E-state index in [0.717, 1.165) is 0 Å². The van der Waals surface area contributed by atoms with Crippen LogP contribution in [-0.4, -0.2) is 0 Å². The average molecular weight is 320 g/mol. The van der Waals surface area contributed by atoms with Crippen LogP contribution in [0.5, 0.6) is 0 Å². The number of hydrogen-bond acceptors (Lipinski definition) is 0. The third-order valence-corrected chi connectivity index (χ3v) is 4.54. The lowest BCUT2D eigenvalue weighted by molar-refractivity contribution is 1.46. The third kappa shape index (κ3) is 3.25. The first-order chi connectivity index (χ1) is 12.3. The molecule has 0 heterocycles. The van der Waals surface area contributed by atoms with E-state index in [-0.39, 0.29) is 0 Å². The van der Waals surface area contributed by atoms with Gasteiger partial charge in [0, 0.05) is 0 Å². The van der Waals surface area contributed by atoms with Gasteiger partial charge in [0.2, 0.25) is 0 Å². The van der Waals surface area contributed by atoms with Crippen molar-refractivity contribution in [2.24, 2.45) is 0 Å². The summed E-state index contributed by atoms with van der Waals surface area (Å²) >= 11 is 0.